The summed E-state index contributed by atoms with van der Waals surface area (Å²) in [5, 5.41) is 47.6. The molecule has 4 heterocycles. The molecule has 0 amide bonds. The lowest BCUT2D eigenvalue weighted by atomic mass is 9.86. The maximum Gasteiger partial charge on any atom is 0.343 e. The SMILES string of the molecule is CC[C@@]1(O)C(=O)OCc2c1cc1n(c2=O)Cc2cc3c(C[N+](C)(C)[O-])c(O)ccc3[n+]([O-])c2-1. The van der Waals surface area contributed by atoms with Crippen LogP contribution in [-0.4, -0.2) is 39.5 Å². The van der Waals surface area contributed by atoms with Crippen molar-refractivity contribution in [3.63, 3.8) is 0 Å². The molecule has 2 aliphatic heterocycles. The first-order chi connectivity index (χ1) is 15.5. The molecule has 0 unspecified atom stereocenters. The molecular weight excluding hydrogens is 430 g/mol. The second kappa shape index (κ2) is 6.77. The number of fused-ring (bicyclic) bond motifs is 5. The zero-order chi connectivity index (χ0) is 23.9. The monoisotopic (exact) mass is 453 g/mol. The maximum atomic E-state index is 13.5. The Hall–Kier alpha value is -3.47. The number of cyclic esters (lactones) is 1. The summed E-state index contributed by atoms with van der Waals surface area (Å²) in [6, 6.07) is 6.06. The van der Waals surface area contributed by atoms with Crippen molar-refractivity contribution in [2.75, 3.05) is 14.1 Å². The summed E-state index contributed by atoms with van der Waals surface area (Å²) < 4.78 is 6.46. The van der Waals surface area contributed by atoms with Crippen molar-refractivity contribution >= 4 is 16.9 Å². The molecule has 3 aromatic rings. The smallest absolute Gasteiger partial charge is 0.343 e. The van der Waals surface area contributed by atoms with Crippen molar-refractivity contribution in [1.82, 2.24) is 4.57 Å². The molecule has 172 valence electrons. The van der Waals surface area contributed by atoms with Crippen LogP contribution in [-0.2, 0) is 34.8 Å². The zero-order valence-electron chi connectivity index (χ0n) is 18.4. The molecule has 2 aliphatic rings. The summed E-state index contributed by atoms with van der Waals surface area (Å²) in [5.41, 5.74) is -0.431. The van der Waals surface area contributed by atoms with E-state index in [9.17, 15) is 30.2 Å². The van der Waals surface area contributed by atoms with E-state index in [1.54, 1.807) is 13.0 Å². The van der Waals surface area contributed by atoms with Crippen LogP contribution in [0.3, 0.4) is 0 Å². The van der Waals surface area contributed by atoms with E-state index in [0.29, 0.717) is 26.9 Å². The van der Waals surface area contributed by atoms with Gasteiger partial charge < -0.3 is 30.0 Å². The highest BCUT2D eigenvalue weighted by atomic mass is 16.6. The largest absolute Gasteiger partial charge is 0.633 e. The summed E-state index contributed by atoms with van der Waals surface area (Å²) in [7, 11) is 2.88. The van der Waals surface area contributed by atoms with Gasteiger partial charge in [0, 0.05) is 17.2 Å². The molecule has 10 nitrogen and oxygen atoms in total. The standard InChI is InChI=1S/C23H23N3O7/c1-4-23(30)16-8-18-20-12(9-24(18)21(28)15(16)11-33-22(23)29)7-13-14(10-26(2,3)32)19(27)6-5-17(13)25(20)31/h5-8,27,30H,4,9-11H2,1-3H3/t23-/m0/s1. The number of carbonyl (C=O) groups excluding carboxylic acids is 1. The first kappa shape index (κ1) is 21.4. The number of quaternary nitrogens is 1. The fourth-order valence-corrected chi connectivity index (χ4v) is 4.83. The summed E-state index contributed by atoms with van der Waals surface area (Å²) in [6.45, 7) is 1.41. The molecule has 2 N–H and O–H groups in total. The number of aromatic nitrogens is 2. The molecule has 0 aliphatic carbocycles. The predicted octanol–water partition coefficient (Wildman–Crippen LogP) is 1.10. The van der Waals surface area contributed by atoms with Gasteiger partial charge in [-0.05, 0) is 24.6 Å². The van der Waals surface area contributed by atoms with Crippen LogP contribution in [0, 0.1) is 10.4 Å². The number of benzene rings is 1. The Morgan fingerprint density at radius 3 is 2.67 bits per heavy atom. The van der Waals surface area contributed by atoms with Gasteiger partial charge in [0.1, 0.15) is 24.6 Å². The number of pyridine rings is 2. The summed E-state index contributed by atoms with van der Waals surface area (Å²) >= 11 is 0. The Labute approximate surface area is 188 Å². The maximum absolute atomic E-state index is 13.5. The first-order valence-corrected chi connectivity index (χ1v) is 10.6. The van der Waals surface area contributed by atoms with Gasteiger partial charge in [0.15, 0.2) is 5.60 Å². The highest BCUT2D eigenvalue weighted by Gasteiger charge is 2.46. The number of hydroxylamine groups is 3. The fourth-order valence-electron chi connectivity index (χ4n) is 4.83. The lowest BCUT2D eigenvalue weighted by molar-refractivity contribution is -0.853. The number of rotatable bonds is 3. The van der Waals surface area contributed by atoms with Gasteiger partial charge in [-0.15, -0.1) is 0 Å². The number of aromatic hydroxyl groups is 1. The molecule has 0 saturated heterocycles. The number of ether oxygens (including phenoxy) is 1. The summed E-state index contributed by atoms with van der Waals surface area (Å²) in [5.74, 6) is -0.914. The second-order valence-corrected chi connectivity index (χ2v) is 9.14. The van der Waals surface area contributed by atoms with Gasteiger partial charge in [0.2, 0.25) is 11.2 Å². The highest BCUT2D eigenvalue weighted by molar-refractivity contribution is 5.86. The van der Waals surface area contributed by atoms with Crippen molar-refractivity contribution in [3.05, 3.63) is 67.3 Å². The molecule has 33 heavy (non-hydrogen) atoms. The number of nitrogens with zero attached hydrogens (tertiary/aromatic N) is 3. The topological polar surface area (TPSA) is 139 Å². The molecule has 1 aromatic carbocycles. The van der Waals surface area contributed by atoms with Gasteiger partial charge in [-0.1, -0.05) is 6.92 Å². The van der Waals surface area contributed by atoms with E-state index in [0.717, 1.165) is 0 Å². The molecule has 0 bridgehead atoms. The number of hydrogen-bond acceptors (Lipinski definition) is 7. The highest BCUT2D eigenvalue weighted by Crippen LogP contribution is 2.39. The summed E-state index contributed by atoms with van der Waals surface area (Å²) in [6.07, 6.45) is 0.00947. The molecule has 0 spiro atoms. The molecule has 10 heteroatoms. The quantitative estimate of drug-likeness (QED) is 0.156. The Morgan fingerprint density at radius 2 is 2.00 bits per heavy atom. The van der Waals surface area contributed by atoms with Gasteiger partial charge in [0.25, 0.3) is 5.56 Å². The molecule has 1 atom stereocenters. The Bertz CT molecular complexity index is 1420. The van der Waals surface area contributed by atoms with Gasteiger partial charge in [-0.25, -0.2) is 4.79 Å². The Morgan fingerprint density at radius 1 is 1.27 bits per heavy atom. The van der Waals surface area contributed by atoms with E-state index >= 15 is 0 Å². The van der Waals surface area contributed by atoms with E-state index in [4.69, 9.17) is 4.74 Å². The van der Waals surface area contributed by atoms with Crippen molar-refractivity contribution in [2.45, 2.75) is 38.6 Å². The number of carbonyl (C=O) groups is 1. The molecule has 0 radical (unpaired) electrons. The van der Waals surface area contributed by atoms with Crippen molar-refractivity contribution < 1.29 is 29.1 Å². The van der Waals surface area contributed by atoms with Crippen molar-refractivity contribution in [2.24, 2.45) is 0 Å². The lowest BCUT2D eigenvalue weighted by Crippen LogP contribution is -2.44. The van der Waals surface area contributed by atoms with Crippen LogP contribution in [0.5, 0.6) is 5.75 Å². The third kappa shape index (κ3) is 2.95. The van der Waals surface area contributed by atoms with Gasteiger partial charge in [0.05, 0.1) is 37.2 Å². The van der Waals surface area contributed by atoms with Gasteiger partial charge >= 0.3 is 5.97 Å². The van der Waals surface area contributed by atoms with Crippen LogP contribution < -0.4 is 10.3 Å². The minimum absolute atomic E-state index is 0.00947. The number of phenolic OH excluding ortho intramolecular Hbond substituents is 1. The number of phenols is 1. The molecule has 0 fully saturated rings. The number of esters is 1. The first-order valence-electron chi connectivity index (χ1n) is 10.6. The average Bonchev–Trinajstić information content (AvgIpc) is 3.12. The summed E-state index contributed by atoms with van der Waals surface area (Å²) in [4.78, 5) is 25.6. The third-order valence-corrected chi connectivity index (χ3v) is 6.51. The van der Waals surface area contributed by atoms with E-state index in [1.807, 2.05) is 0 Å². The van der Waals surface area contributed by atoms with E-state index in [2.05, 4.69) is 0 Å². The van der Waals surface area contributed by atoms with Crippen LogP contribution in [0.1, 0.15) is 35.6 Å². The van der Waals surface area contributed by atoms with Crippen molar-refractivity contribution in [3.8, 4) is 17.1 Å². The minimum atomic E-state index is -1.97. The Kier molecular flexibility index (Phi) is 4.38. The van der Waals surface area contributed by atoms with Crippen LogP contribution in [0.25, 0.3) is 22.3 Å². The molecule has 5 rings (SSSR count). The molecule has 2 aromatic heterocycles. The van der Waals surface area contributed by atoms with Gasteiger partial charge in [-0.3, -0.25) is 9.36 Å². The van der Waals surface area contributed by atoms with E-state index in [1.165, 1.54) is 36.9 Å². The minimum Gasteiger partial charge on any atom is -0.633 e. The van der Waals surface area contributed by atoms with Crippen LogP contribution in [0.4, 0.5) is 0 Å². The predicted molar refractivity (Wildman–Crippen MR) is 117 cm³/mol. The second-order valence-electron chi connectivity index (χ2n) is 9.14. The van der Waals surface area contributed by atoms with E-state index < -0.39 is 21.8 Å². The van der Waals surface area contributed by atoms with E-state index in [-0.39, 0.29) is 54.2 Å². The molecular formula is C23H23N3O7. The average molecular weight is 453 g/mol. The van der Waals surface area contributed by atoms with Crippen LogP contribution in [0.2, 0.25) is 0 Å². The van der Waals surface area contributed by atoms with Gasteiger partial charge in [-0.2, -0.15) is 4.73 Å². The normalized spacial score (nSPS) is 19.2. The third-order valence-electron chi connectivity index (χ3n) is 6.51. The zero-order valence-corrected chi connectivity index (χ0v) is 18.4. The van der Waals surface area contributed by atoms with Crippen LogP contribution >= 0.6 is 0 Å². The fraction of sp³-hybridized carbons (Fsp3) is 0.348. The molecule has 0 saturated carbocycles. The number of hydrogen-bond donors (Lipinski definition) is 2. The lowest BCUT2D eigenvalue weighted by Gasteiger charge is -2.34. The van der Waals surface area contributed by atoms with Crippen molar-refractivity contribution in [1.29, 1.82) is 0 Å². The van der Waals surface area contributed by atoms with Crippen LogP contribution in [0.15, 0.2) is 29.1 Å². The number of aliphatic hydroxyl groups is 1. The Balaban J connectivity index is 1.79.